The van der Waals surface area contributed by atoms with E-state index in [0.717, 1.165) is 32.6 Å². The smallest absolute Gasteiger partial charge is 0.257 e. The molecule has 2 saturated heterocycles. The Labute approximate surface area is 135 Å². The summed E-state index contributed by atoms with van der Waals surface area (Å²) in [6.45, 7) is 6.05. The van der Waals surface area contributed by atoms with E-state index in [0.29, 0.717) is 37.7 Å². The number of nitrogens with zero attached hydrogens (tertiary/aromatic N) is 6. The number of amides is 2. The van der Waals surface area contributed by atoms with Gasteiger partial charge in [-0.2, -0.15) is 0 Å². The minimum Gasteiger partial charge on any atom is -0.342 e. The molecule has 2 aliphatic rings. The standard InChI is InChI=1S/C15H22N6O2/c1-18-2-6-20(7-3-18)14(23)13-10-16-15(17-11-13)21-8-4-19(12-22)5-9-21/h10-12H,2-9H2,1H3. The van der Waals surface area contributed by atoms with Gasteiger partial charge in [-0.25, -0.2) is 9.97 Å². The summed E-state index contributed by atoms with van der Waals surface area (Å²) in [6.07, 6.45) is 4.08. The lowest BCUT2D eigenvalue weighted by Gasteiger charge is -2.33. The first-order chi connectivity index (χ1) is 11.2. The number of carbonyl (C=O) groups excluding carboxylic acids is 2. The Morgan fingerprint density at radius 1 is 1.00 bits per heavy atom. The van der Waals surface area contributed by atoms with Gasteiger partial charge in [0, 0.05) is 64.8 Å². The van der Waals surface area contributed by atoms with Crippen molar-refractivity contribution in [3.05, 3.63) is 18.0 Å². The van der Waals surface area contributed by atoms with Gasteiger partial charge in [0.1, 0.15) is 0 Å². The van der Waals surface area contributed by atoms with Gasteiger partial charge in [-0.15, -0.1) is 0 Å². The molecule has 23 heavy (non-hydrogen) atoms. The van der Waals surface area contributed by atoms with Crippen LogP contribution in [0.5, 0.6) is 0 Å². The molecule has 1 aromatic rings. The monoisotopic (exact) mass is 318 g/mol. The zero-order chi connectivity index (χ0) is 16.2. The van der Waals surface area contributed by atoms with E-state index < -0.39 is 0 Å². The summed E-state index contributed by atoms with van der Waals surface area (Å²) in [5, 5.41) is 0. The molecule has 0 saturated carbocycles. The van der Waals surface area contributed by atoms with Gasteiger partial charge in [-0.05, 0) is 7.05 Å². The van der Waals surface area contributed by atoms with E-state index in [2.05, 4.69) is 21.9 Å². The molecular formula is C15H22N6O2. The molecule has 0 N–H and O–H groups in total. The van der Waals surface area contributed by atoms with Gasteiger partial charge in [0.15, 0.2) is 0 Å². The van der Waals surface area contributed by atoms with Gasteiger partial charge >= 0.3 is 0 Å². The molecule has 0 atom stereocenters. The van der Waals surface area contributed by atoms with E-state index in [-0.39, 0.29) is 5.91 Å². The van der Waals surface area contributed by atoms with Crippen LogP contribution in [0.2, 0.25) is 0 Å². The second-order valence-electron chi connectivity index (χ2n) is 6.00. The summed E-state index contributed by atoms with van der Waals surface area (Å²) in [5.41, 5.74) is 0.532. The molecule has 1 aromatic heterocycles. The van der Waals surface area contributed by atoms with Crippen molar-refractivity contribution in [2.45, 2.75) is 0 Å². The third-order valence-corrected chi connectivity index (χ3v) is 4.42. The number of carbonyl (C=O) groups is 2. The highest BCUT2D eigenvalue weighted by Gasteiger charge is 2.22. The predicted molar refractivity (Wildman–Crippen MR) is 85.3 cm³/mol. The fourth-order valence-corrected chi connectivity index (χ4v) is 2.81. The van der Waals surface area contributed by atoms with Crippen molar-refractivity contribution < 1.29 is 9.59 Å². The van der Waals surface area contributed by atoms with Crippen LogP contribution in [-0.2, 0) is 4.79 Å². The summed E-state index contributed by atoms with van der Waals surface area (Å²) in [7, 11) is 2.06. The van der Waals surface area contributed by atoms with Crippen LogP contribution in [0, 0.1) is 0 Å². The molecule has 0 unspecified atom stereocenters. The SMILES string of the molecule is CN1CCN(C(=O)c2cnc(N3CCN(C=O)CC3)nc2)CC1. The molecule has 124 valence electrons. The molecule has 0 spiro atoms. The van der Waals surface area contributed by atoms with Crippen LogP contribution in [-0.4, -0.2) is 96.4 Å². The summed E-state index contributed by atoms with van der Waals surface area (Å²) >= 11 is 0. The molecule has 0 aromatic carbocycles. The second-order valence-corrected chi connectivity index (χ2v) is 6.00. The molecule has 8 heteroatoms. The maximum Gasteiger partial charge on any atom is 0.257 e. The topological polar surface area (TPSA) is 72.9 Å². The van der Waals surface area contributed by atoms with E-state index in [1.165, 1.54) is 0 Å². The average Bonchev–Trinajstić information content (AvgIpc) is 2.62. The van der Waals surface area contributed by atoms with E-state index in [9.17, 15) is 9.59 Å². The van der Waals surface area contributed by atoms with Crippen LogP contribution in [0.15, 0.2) is 12.4 Å². The number of hydrogen-bond acceptors (Lipinski definition) is 6. The van der Waals surface area contributed by atoms with E-state index in [1.54, 1.807) is 17.3 Å². The largest absolute Gasteiger partial charge is 0.342 e. The van der Waals surface area contributed by atoms with Crippen molar-refractivity contribution in [2.24, 2.45) is 0 Å². The summed E-state index contributed by atoms with van der Waals surface area (Å²) in [4.78, 5) is 39.7. The normalized spacial score (nSPS) is 19.8. The van der Waals surface area contributed by atoms with Crippen LogP contribution in [0.3, 0.4) is 0 Å². The van der Waals surface area contributed by atoms with Gasteiger partial charge < -0.3 is 19.6 Å². The lowest BCUT2D eigenvalue weighted by molar-refractivity contribution is -0.118. The van der Waals surface area contributed by atoms with Gasteiger partial charge in [0.25, 0.3) is 5.91 Å². The summed E-state index contributed by atoms with van der Waals surface area (Å²) in [5.74, 6) is 0.612. The van der Waals surface area contributed by atoms with Crippen molar-refractivity contribution in [2.75, 3.05) is 64.3 Å². The molecule has 8 nitrogen and oxygen atoms in total. The Kier molecular flexibility index (Phi) is 4.71. The molecule has 2 aliphatic heterocycles. The minimum absolute atomic E-state index is 0.00424. The number of anilines is 1. The van der Waals surface area contributed by atoms with Gasteiger partial charge in [0.05, 0.1) is 5.56 Å². The maximum absolute atomic E-state index is 12.4. The van der Waals surface area contributed by atoms with Crippen molar-refractivity contribution in [3.63, 3.8) is 0 Å². The Morgan fingerprint density at radius 2 is 1.61 bits per heavy atom. The Balaban J connectivity index is 1.61. The number of aromatic nitrogens is 2. The van der Waals surface area contributed by atoms with Crippen LogP contribution < -0.4 is 4.90 Å². The second kappa shape index (κ2) is 6.91. The minimum atomic E-state index is -0.00424. The molecular weight excluding hydrogens is 296 g/mol. The predicted octanol–water partition coefficient (Wildman–Crippen LogP) is -0.857. The highest BCUT2D eigenvalue weighted by molar-refractivity contribution is 5.93. The third-order valence-electron chi connectivity index (χ3n) is 4.42. The number of hydrogen-bond donors (Lipinski definition) is 0. The Morgan fingerprint density at radius 3 is 2.17 bits per heavy atom. The number of rotatable bonds is 3. The highest BCUT2D eigenvalue weighted by atomic mass is 16.2. The van der Waals surface area contributed by atoms with Gasteiger partial charge in [-0.1, -0.05) is 0 Å². The van der Waals surface area contributed by atoms with E-state index in [4.69, 9.17) is 0 Å². The Bertz CT molecular complexity index is 548. The summed E-state index contributed by atoms with van der Waals surface area (Å²) in [6, 6.07) is 0. The highest BCUT2D eigenvalue weighted by Crippen LogP contribution is 2.12. The lowest BCUT2D eigenvalue weighted by atomic mass is 10.2. The molecule has 3 heterocycles. The first-order valence-electron chi connectivity index (χ1n) is 7.91. The maximum atomic E-state index is 12.4. The molecule has 3 rings (SSSR count). The fourth-order valence-electron chi connectivity index (χ4n) is 2.81. The number of likely N-dealkylation sites (N-methyl/N-ethyl adjacent to an activating group) is 1. The zero-order valence-electron chi connectivity index (χ0n) is 13.4. The van der Waals surface area contributed by atoms with Crippen molar-refractivity contribution in [1.82, 2.24) is 24.7 Å². The molecule has 2 amide bonds. The molecule has 0 aliphatic carbocycles. The van der Waals surface area contributed by atoms with Gasteiger partial charge in [0.2, 0.25) is 12.4 Å². The quantitative estimate of drug-likeness (QED) is 0.676. The van der Waals surface area contributed by atoms with Crippen LogP contribution in [0.25, 0.3) is 0 Å². The lowest BCUT2D eigenvalue weighted by Crippen LogP contribution is -2.47. The van der Waals surface area contributed by atoms with Crippen LogP contribution in [0.4, 0.5) is 5.95 Å². The number of piperazine rings is 2. The first kappa shape index (κ1) is 15.7. The van der Waals surface area contributed by atoms with E-state index >= 15 is 0 Å². The Hall–Kier alpha value is -2.22. The first-order valence-corrected chi connectivity index (χ1v) is 7.91. The van der Waals surface area contributed by atoms with Crippen molar-refractivity contribution in [1.29, 1.82) is 0 Å². The zero-order valence-corrected chi connectivity index (χ0v) is 13.4. The van der Waals surface area contributed by atoms with E-state index in [1.807, 2.05) is 9.80 Å². The van der Waals surface area contributed by atoms with Crippen molar-refractivity contribution in [3.8, 4) is 0 Å². The van der Waals surface area contributed by atoms with Crippen LogP contribution in [0.1, 0.15) is 10.4 Å². The fraction of sp³-hybridized carbons (Fsp3) is 0.600. The average molecular weight is 318 g/mol. The van der Waals surface area contributed by atoms with Crippen molar-refractivity contribution >= 4 is 18.3 Å². The van der Waals surface area contributed by atoms with Crippen LogP contribution >= 0.6 is 0 Å². The molecule has 2 fully saturated rings. The third kappa shape index (κ3) is 3.58. The molecule has 0 radical (unpaired) electrons. The summed E-state index contributed by atoms with van der Waals surface area (Å²) < 4.78 is 0. The molecule has 0 bridgehead atoms. The van der Waals surface area contributed by atoms with Gasteiger partial charge in [-0.3, -0.25) is 9.59 Å².